The van der Waals surface area contributed by atoms with Crippen LogP contribution in [0.3, 0.4) is 0 Å². The van der Waals surface area contributed by atoms with E-state index in [1.54, 1.807) is 4.90 Å². The summed E-state index contributed by atoms with van der Waals surface area (Å²) in [4.78, 5) is 20.7. The minimum Gasteiger partial charge on any atom is -0.353 e. The van der Waals surface area contributed by atoms with Gasteiger partial charge in [-0.3, -0.25) is 4.79 Å². The second-order valence-corrected chi connectivity index (χ2v) is 7.32. The van der Waals surface area contributed by atoms with E-state index in [0.29, 0.717) is 32.0 Å². The van der Waals surface area contributed by atoms with Crippen LogP contribution >= 0.6 is 24.8 Å². The van der Waals surface area contributed by atoms with Crippen molar-refractivity contribution in [3.63, 3.8) is 0 Å². The molecular formula is C18H27Cl2F3N4O. The zero-order valence-corrected chi connectivity index (χ0v) is 17.4. The molecule has 1 aromatic heterocycles. The van der Waals surface area contributed by atoms with Gasteiger partial charge < -0.3 is 15.5 Å². The monoisotopic (exact) mass is 442 g/mol. The zero-order chi connectivity index (χ0) is 18.9. The van der Waals surface area contributed by atoms with Crippen LogP contribution in [-0.4, -0.2) is 48.0 Å². The van der Waals surface area contributed by atoms with Crippen molar-refractivity contribution in [2.75, 3.05) is 31.1 Å². The minimum atomic E-state index is -4.38. The van der Waals surface area contributed by atoms with Gasteiger partial charge in [0.25, 0.3) is 0 Å². The number of halogens is 5. The Kier molecular flexibility index (Phi) is 8.41. The second-order valence-electron chi connectivity index (χ2n) is 7.32. The highest BCUT2D eigenvalue weighted by molar-refractivity contribution is 5.85. The molecule has 2 aliphatic rings. The van der Waals surface area contributed by atoms with E-state index in [0.717, 1.165) is 37.8 Å². The number of hydrogen-bond donors (Lipinski definition) is 1. The van der Waals surface area contributed by atoms with E-state index in [1.807, 2.05) is 11.8 Å². The number of nitrogens with zero attached hydrogens (tertiary/aromatic N) is 3. The summed E-state index contributed by atoms with van der Waals surface area (Å²) in [6, 6.07) is 2.12. The van der Waals surface area contributed by atoms with Gasteiger partial charge in [0.1, 0.15) is 5.82 Å². The van der Waals surface area contributed by atoms with Crippen LogP contribution in [0.5, 0.6) is 0 Å². The number of carbonyl (C=O) groups is 1. The van der Waals surface area contributed by atoms with E-state index < -0.39 is 11.7 Å². The van der Waals surface area contributed by atoms with Crippen LogP contribution in [0.25, 0.3) is 0 Å². The number of anilines is 1. The van der Waals surface area contributed by atoms with Gasteiger partial charge in [-0.05, 0) is 37.8 Å². The van der Waals surface area contributed by atoms with Crippen LogP contribution in [0.15, 0.2) is 18.3 Å². The minimum absolute atomic E-state index is 0. The molecule has 1 saturated heterocycles. The number of aromatic nitrogens is 1. The predicted molar refractivity (Wildman–Crippen MR) is 107 cm³/mol. The lowest BCUT2D eigenvalue weighted by atomic mass is 9.81. The summed E-state index contributed by atoms with van der Waals surface area (Å²) in [7, 11) is 0. The molecule has 5 nitrogen and oxygen atoms in total. The quantitative estimate of drug-likeness (QED) is 0.777. The van der Waals surface area contributed by atoms with Gasteiger partial charge in [0, 0.05) is 38.4 Å². The highest BCUT2D eigenvalue weighted by atomic mass is 35.5. The SMILES string of the molecule is CC[C@]1(C(=O)N2CCN(c3cc(C(F)(F)F)ccn3)CC2)CC[C@@H](N)C1.Cl.Cl. The molecule has 2 atom stereocenters. The van der Waals surface area contributed by atoms with Gasteiger partial charge in [-0.25, -0.2) is 4.98 Å². The molecule has 1 aromatic rings. The molecule has 1 amide bonds. The number of pyridine rings is 1. The smallest absolute Gasteiger partial charge is 0.353 e. The molecule has 0 spiro atoms. The lowest BCUT2D eigenvalue weighted by molar-refractivity contribution is -0.142. The van der Waals surface area contributed by atoms with Crippen molar-refractivity contribution in [1.29, 1.82) is 0 Å². The third-order valence-electron chi connectivity index (χ3n) is 5.74. The van der Waals surface area contributed by atoms with E-state index in [9.17, 15) is 18.0 Å². The molecule has 0 unspecified atom stereocenters. The Hall–Kier alpha value is -1.25. The van der Waals surface area contributed by atoms with Crippen molar-refractivity contribution < 1.29 is 18.0 Å². The summed E-state index contributed by atoms with van der Waals surface area (Å²) >= 11 is 0. The molecule has 0 radical (unpaired) electrons. The molecule has 2 heterocycles. The largest absolute Gasteiger partial charge is 0.416 e. The fraction of sp³-hybridized carbons (Fsp3) is 0.667. The maximum Gasteiger partial charge on any atom is 0.416 e. The normalized spacial score (nSPS) is 25.1. The van der Waals surface area contributed by atoms with E-state index >= 15 is 0 Å². The molecule has 28 heavy (non-hydrogen) atoms. The van der Waals surface area contributed by atoms with Crippen molar-refractivity contribution in [2.24, 2.45) is 11.1 Å². The molecule has 1 saturated carbocycles. The van der Waals surface area contributed by atoms with Crippen LogP contribution in [0.4, 0.5) is 19.0 Å². The standard InChI is InChI=1S/C18H25F3N4O.2ClH/c1-2-17(5-3-14(22)12-17)16(26)25-9-7-24(8-10-25)15-11-13(4-6-23-15)18(19,20)21;;/h4,6,11,14H,2-3,5,7-10,12,22H2,1H3;2*1H/t14-,17+;;/m1../s1. The summed E-state index contributed by atoms with van der Waals surface area (Å²) in [6.45, 7) is 3.97. The van der Waals surface area contributed by atoms with E-state index in [-0.39, 0.29) is 42.2 Å². The summed E-state index contributed by atoms with van der Waals surface area (Å²) < 4.78 is 38.6. The Morgan fingerprint density at radius 2 is 1.93 bits per heavy atom. The average molecular weight is 443 g/mol. The maximum absolute atomic E-state index is 13.0. The van der Waals surface area contributed by atoms with Gasteiger partial charge in [-0.15, -0.1) is 24.8 Å². The van der Waals surface area contributed by atoms with Gasteiger partial charge in [-0.1, -0.05) is 6.92 Å². The maximum atomic E-state index is 13.0. The van der Waals surface area contributed by atoms with E-state index in [2.05, 4.69) is 4.98 Å². The summed E-state index contributed by atoms with van der Waals surface area (Å²) in [5.41, 5.74) is 4.95. The summed E-state index contributed by atoms with van der Waals surface area (Å²) in [5.74, 6) is 0.449. The fourth-order valence-electron chi connectivity index (χ4n) is 4.08. The highest BCUT2D eigenvalue weighted by Gasteiger charge is 2.45. The Balaban J connectivity index is 0.00000196. The Morgan fingerprint density at radius 3 is 2.43 bits per heavy atom. The Bertz CT molecular complexity index is 668. The number of hydrogen-bond acceptors (Lipinski definition) is 4. The van der Waals surface area contributed by atoms with E-state index in [1.165, 1.54) is 6.20 Å². The van der Waals surface area contributed by atoms with Gasteiger partial charge in [-0.2, -0.15) is 13.2 Å². The average Bonchev–Trinajstić information content (AvgIpc) is 3.03. The molecule has 10 heteroatoms. The van der Waals surface area contributed by atoms with Crippen molar-refractivity contribution in [3.05, 3.63) is 23.9 Å². The second kappa shape index (κ2) is 9.50. The first-order valence-electron chi connectivity index (χ1n) is 9.08. The van der Waals surface area contributed by atoms with Gasteiger partial charge >= 0.3 is 6.18 Å². The lowest BCUT2D eigenvalue weighted by Crippen LogP contribution is -2.53. The number of amides is 1. The van der Waals surface area contributed by atoms with Crippen LogP contribution in [0, 0.1) is 5.41 Å². The number of alkyl halides is 3. The molecule has 3 rings (SSSR count). The summed E-state index contributed by atoms with van der Waals surface area (Å²) in [6.07, 6.45) is -0.0227. The van der Waals surface area contributed by atoms with Gasteiger partial charge in [0.05, 0.1) is 11.0 Å². The van der Waals surface area contributed by atoms with Crippen LogP contribution < -0.4 is 10.6 Å². The number of carbonyl (C=O) groups excluding carboxylic acids is 1. The Morgan fingerprint density at radius 1 is 1.29 bits per heavy atom. The molecule has 1 aliphatic carbocycles. The molecule has 2 fully saturated rings. The van der Waals surface area contributed by atoms with Gasteiger partial charge in [0.15, 0.2) is 0 Å². The molecule has 0 aromatic carbocycles. The number of nitrogens with two attached hydrogens (primary N) is 1. The number of piperazine rings is 1. The zero-order valence-electron chi connectivity index (χ0n) is 15.7. The van der Waals surface area contributed by atoms with Crippen LogP contribution in [-0.2, 0) is 11.0 Å². The first-order chi connectivity index (χ1) is 12.2. The fourth-order valence-corrected chi connectivity index (χ4v) is 4.08. The third-order valence-corrected chi connectivity index (χ3v) is 5.74. The molecular weight excluding hydrogens is 416 g/mol. The van der Waals surface area contributed by atoms with Crippen molar-refractivity contribution in [3.8, 4) is 0 Å². The van der Waals surface area contributed by atoms with E-state index in [4.69, 9.17) is 5.73 Å². The highest BCUT2D eigenvalue weighted by Crippen LogP contribution is 2.42. The van der Waals surface area contributed by atoms with Crippen LogP contribution in [0.1, 0.15) is 38.2 Å². The number of rotatable bonds is 3. The van der Waals surface area contributed by atoms with Crippen molar-refractivity contribution >= 4 is 36.5 Å². The lowest BCUT2D eigenvalue weighted by Gasteiger charge is -2.40. The molecule has 1 aliphatic heterocycles. The molecule has 0 bridgehead atoms. The van der Waals surface area contributed by atoms with Crippen LogP contribution in [0.2, 0.25) is 0 Å². The first-order valence-corrected chi connectivity index (χ1v) is 9.08. The first kappa shape index (κ1) is 24.8. The van der Waals surface area contributed by atoms with Gasteiger partial charge in [0.2, 0.25) is 5.91 Å². The van der Waals surface area contributed by atoms with Crippen molar-refractivity contribution in [1.82, 2.24) is 9.88 Å². The molecule has 2 N–H and O–H groups in total. The third kappa shape index (κ3) is 5.02. The van der Waals surface area contributed by atoms with Crippen molar-refractivity contribution in [2.45, 2.75) is 44.8 Å². The topological polar surface area (TPSA) is 62.5 Å². The Labute approximate surface area is 175 Å². The predicted octanol–water partition coefficient (Wildman–Crippen LogP) is 3.50. The summed E-state index contributed by atoms with van der Waals surface area (Å²) in [5, 5.41) is 0. The molecule has 160 valence electrons.